The lowest BCUT2D eigenvalue weighted by Crippen LogP contribution is -2.37. The van der Waals surface area contributed by atoms with Crippen molar-refractivity contribution in [3.63, 3.8) is 0 Å². The molecule has 0 bridgehead atoms. The number of carbonyl (C=O) groups is 2. The van der Waals surface area contributed by atoms with Gasteiger partial charge in [0, 0.05) is 18.4 Å². The monoisotopic (exact) mass is 672 g/mol. The van der Waals surface area contributed by atoms with Gasteiger partial charge in [0.15, 0.2) is 0 Å². The number of unbranched alkanes of at least 4 members (excludes halogenated alkanes) is 1. The predicted molar refractivity (Wildman–Crippen MR) is 182 cm³/mol. The maximum Gasteiger partial charge on any atom is 0.261 e. The van der Waals surface area contributed by atoms with Crippen molar-refractivity contribution < 1.29 is 28.2 Å². The molecule has 0 atom stereocenters. The Bertz CT molecular complexity index is 1600. The summed E-state index contributed by atoms with van der Waals surface area (Å²) in [7, 11) is 8.86. The predicted octanol–water partition coefficient (Wildman–Crippen LogP) is 5.20. The molecule has 0 aliphatic carbocycles. The molecule has 0 N–H and O–H groups in total. The molecule has 1 aliphatic heterocycles. The lowest BCUT2D eigenvalue weighted by molar-refractivity contribution is 0.0649. The number of benzene rings is 2. The molecule has 0 saturated carbocycles. The number of hydrogen-bond donors (Lipinski definition) is 0. The summed E-state index contributed by atoms with van der Waals surface area (Å²) in [6.45, 7) is 0.745. The summed E-state index contributed by atoms with van der Waals surface area (Å²) in [5.74, 6) is 0.655. The van der Waals surface area contributed by atoms with Crippen LogP contribution in [0.15, 0.2) is 48.5 Å². The topological polar surface area (TPSA) is 116 Å². The highest BCUT2D eigenvalue weighted by Gasteiger charge is 2.52. The second kappa shape index (κ2) is 14.3. The van der Waals surface area contributed by atoms with Gasteiger partial charge in [-0.1, -0.05) is 12.1 Å². The number of aromatic nitrogens is 1. The van der Waals surface area contributed by atoms with Crippen LogP contribution >= 0.6 is 14.9 Å². The van der Waals surface area contributed by atoms with Crippen LogP contribution in [0.3, 0.4) is 0 Å². The molecule has 12 nitrogen and oxygen atoms in total. The summed E-state index contributed by atoms with van der Waals surface area (Å²) < 4.78 is 47.9. The van der Waals surface area contributed by atoms with E-state index in [2.05, 4.69) is 0 Å². The second-order valence-electron chi connectivity index (χ2n) is 12.1. The van der Waals surface area contributed by atoms with E-state index in [4.69, 9.17) is 14.5 Å². The van der Waals surface area contributed by atoms with Crippen LogP contribution < -0.4 is 9.47 Å². The Hall–Kier alpha value is -3.11. The fourth-order valence-corrected chi connectivity index (χ4v) is 14.4. The third-order valence-electron chi connectivity index (χ3n) is 8.41. The highest BCUT2D eigenvalue weighted by Crippen LogP contribution is 2.72. The molecule has 2 heterocycles. The summed E-state index contributed by atoms with van der Waals surface area (Å²) in [6, 6.07) is 14.3. The number of amides is 2. The first-order chi connectivity index (χ1) is 21.7. The molecule has 14 heteroatoms. The minimum absolute atomic E-state index is 0.158. The lowest BCUT2D eigenvalue weighted by atomic mass is 10.1. The van der Waals surface area contributed by atoms with Gasteiger partial charge in [0.05, 0.1) is 36.1 Å². The second-order valence-corrected chi connectivity index (χ2v) is 19.3. The van der Waals surface area contributed by atoms with Crippen LogP contribution in [0.25, 0.3) is 10.9 Å². The van der Waals surface area contributed by atoms with Gasteiger partial charge in [0.2, 0.25) is 14.9 Å². The number of nitrogens with zero attached hydrogens (tertiary/aromatic N) is 6. The Morgan fingerprint density at radius 2 is 1.33 bits per heavy atom. The van der Waals surface area contributed by atoms with E-state index in [1.54, 1.807) is 106 Å². The van der Waals surface area contributed by atoms with Gasteiger partial charge in [-0.05, 0) is 106 Å². The summed E-state index contributed by atoms with van der Waals surface area (Å²) in [5, 5.41) is 0.00393. The number of methoxy groups -OCH3 is 1. The average Bonchev–Trinajstić information content (AvgIpc) is 3.26. The minimum Gasteiger partial charge on any atom is -0.495 e. The molecule has 250 valence electrons. The van der Waals surface area contributed by atoms with Crippen LogP contribution in [0.2, 0.25) is 0 Å². The highest BCUT2D eigenvalue weighted by atomic mass is 31.2. The molecule has 0 fully saturated rings. The van der Waals surface area contributed by atoms with Gasteiger partial charge < -0.3 is 9.47 Å². The lowest BCUT2D eigenvalue weighted by Gasteiger charge is -2.44. The highest BCUT2D eigenvalue weighted by molar-refractivity contribution is 7.77. The first-order valence-electron chi connectivity index (χ1n) is 15.1. The van der Waals surface area contributed by atoms with E-state index in [9.17, 15) is 18.7 Å². The van der Waals surface area contributed by atoms with Gasteiger partial charge in [0.25, 0.3) is 11.8 Å². The molecule has 0 radical (unpaired) electrons. The van der Waals surface area contributed by atoms with Gasteiger partial charge in [0.1, 0.15) is 16.9 Å². The van der Waals surface area contributed by atoms with Crippen LogP contribution in [-0.2, 0) is 15.6 Å². The maximum atomic E-state index is 14.7. The molecule has 1 aliphatic rings. The van der Waals surface area contributed by atoms with Crippen LogP contribution in [0, 0.1) is 0 Å². The van der Waals surface area contributed by atoms with Crippen LogP contribution in [0.4, 0.5) is 0 Å². The van der Waals surface area contributed by atoms with Crippen LogP contribution in [-0.4, -0.2) is 122 Å². The Morgan fingerprint density at radius 1 is 0.783 bits per heavy atom. The van der Waals surface area contributed by atoms with Crippen molar-refractivity contribution in [1.29, 1.82) is 0 Å². The van der Waals surface area contributed by atoms with Gasteiger partial charge in [-0.3, -0.25) is 23.6 Å². The normalized spacial score (nSPS) is 14.1. The Balaban J connectivity index is 1.51. The zero-order valence-electron chi connectivity index (χ0n) is 28.3. The molecule has 46 heavy (non-hydrogen) atoms. The quantitative estimate of drug-likeness (QED) is 0.121. The van der Waals surface area contributed by atoms with Crippen molar-refractivity contribution in [3.8, 4) is 11.5 Å². The van der Waals surface area contributed by atoms with Crippen molar-refractivity contribution in [2.75, 3.05) is 76.6 Å². The standard InChI is InChI=1S/C32H46N6O6P2/c1-34(2)45(41,35(3)4)30(46(42,36(5)6)37(7)8)22-28-29(43-9)21-23-20-24(16-17-27(23)33-28)44-19-13-12-18-38-31(39)25-14-10-11-15-26(25)32(38)40/h10-11,14-17,20-21,30H,12-13,18-19,22H2,1-9H3. The molecular weight excluding hydrogens is 626 g/mol. The van der Waals surface area contributed by atoms with Crippen molar-refractivity contribution in [3.05, 3.63) is 65.4 Å². The van der Waals surface area contributed by atoms with E-state index in [0.29, 0.717) is 59.8 Å². The molecule has 0 unspecified atom stereocenters. The molecule has 1 aromatic heterocycles. The molecule has 2 amide bonds. The number of rotatable bonds is 15. The van der Waals surface area contributed by atoms with E-state index in [1.807, 2.05) is 24.3 Å². The number of hydrogen-bond acceptors (Lipinski definition) is 7. The Morgan fingerprint density at radius 3 is 1.83 bits per heavy atom. The van der Waals surface area contributed by atoms with E-state index in [-0.39, 0.29) is 18.2 Å². The number of carbonyl (C=O) groups excluding carboxylic acids is 2. The van der Waals surface area contributed by atoms with Crippen LogP contribution in [0.1, 0.15) is 39.3 Å². The van der Waals surface area contributed by atoms with E-state index in [0.717, 1.165) is 5.39 Å². The zero-order chi connectivity index (χ0) is 34.0. The molecule has 4 rings (SSSR count). The first kappa shape index (κ1) is 35.7. The summed E-state index contributed by atoms with van der Waals surface area (Å²) in [6.07, 6.45) is 1.43. The van der Waals surface area contributed by atoms with E-state index in [1.165, 1.54) is 4.90 Å². The third-order valence-corrected chi connectivity index (χ3v) is 16.7. The van der Waals surface area contributed by atoms with E-state index >= 15 is 0 Å². The van der Waals surface area contributed by atoms with Crippen LogP contribution in [0.5, 0.6) is 11.5 Å². The van der Waals surface area contributed by atoms with Gasteiger partial charge in [-0.15, -0.1) is 0 Å². The fraction of sp³-hybridized carbons (Fsp3) is 0.469. The summed E-state index contributed by atoms with van der Waals surface area (Å²) in [5.41, 5.74) is 2.17. The number of pyridine rings is 1. The number of imide groups is 1. The SMILES string of the molecule is COc1cc2cc(OCCCCN3C(=O)c4ccccc4C3=O)ccc2nc1CC(P(=O)(N(C)C)N(C)C)P(=O)(N(C)C)N(C)C. The smallest absolute Gasteiger partial charge is 0.261 e. The number of fused-ring (bicyclic) bond motifs is 2. The Labute approximate surface area is 272 Å². The average molecular weight is 673 g/mol. The van der Waals surface area contributed by atoms with E-state index < -0.39 is 20.3 Å². The summed E-state index contributed by atoms with van der Waals surface area (Å²) >= 11 is 0. The minimum atomic E-state index is -3.35. The zero-order valence-corrected chi connectivity index (χ0v) is 30.0. The van der Waals surface area contributed by atoms with Gasteiger partial charge in [-0.25, -0.2) is 23.7 Å². The maximum absolute atomic E-state index is 14.7. The van der Waals surface area contributed by atoms with Crippen molar-refractivity contribution in [2.24, 2.45) is 0 Å². The fourth-order valence-electron chi connectivity index (χ4n) is 5.98. The van der Waals surface area contributed by atoms with Crippen molar-refractivity contribution in [1.82, 2.24) is 28.6 Å². The Kier molecular flexibility index (Phi) is 11.1. The van der Waals surface area contributed by atoms with Crippen molar-refractivity contribution >= 4 is 37.6 Å². The van der Waals surface area contributed by atoms with Gasteiger partial charge >= 0.3 is 0 Å². The summed E-state index contributed by atoms with van der Waals surface area (Å²) in [4.78, 5) is 31.4. The molecule has 3 aromatic rings. The molecular formula is C32H46N6O6P2. The largest absolute Gasteiger partial charge is 0.495 e. The molecule has 0 saturated heterocycles. The molecule has 0 spiro atoms. The molecule has 2 aromatic carbocycles. The third kappa shape index (κ3) is 6.65. The van der Waals surface area contributed by atoms with Crippen molar-refractivity contribution in [2.45, 2.75) is 24.7 Å². The first-order valence-corrected chi connectivity index (χ1v) is 18.5. The number of ether oxygens (including phenoxy) is 2. The van der Waals surface area contributed by atoms with Gasteiger partial charge in [-0.2, -0.15) is 0 Å².